The van der Waals surface area contributed by atoms with Gasteiger partial charge in [0.05, 0.1) is 0 Å². The molecule has 0 aromatic heterocycles. The lowest BCUT2D eigenvalue weighted by molar-refractivity contribution is 0.244. The summed E-state index contributed by atoms with van der Waals surface area (Å²) in [5.74, 6) is 0. The van der Waals surface area contributed by atoms with Crippen molar-refractivity contribution in [1.82, 2.24) is 4.90 Å². The minimum atomic E-state index is 0.685. The molecule has 1 rings (SSSR count). The highest BCUT2D eigenvalue weighted by Gasteiger charge is 2.33. The topological polar surface area (TPSA) is 3.24 Å². The molecular formula is C17H41N. The molecule has 0 aromatic carbocycles. The molecule has 0 radical (unpaired) electrons. The van der Waals surface area contributed by atoms with E-state index in [-0.39, 0.29) is 0 Å². The fourth-order valence-electron chi connectivity index (χ4n) is 2.38. The molecule has 1 heterocycles. The molecule has 0 aliphatic carbocycles. The summed E-state index contributed by atoms with van der Waals surface area (Å²) >= 11 is 0. The van der Waals surface area contributed by atoms with Gasteiger partial charge in [0.25, 0.3) is 0 Å². The highest BCUT2D eigenvalue weighted by molar-refractivity contribution is 4.87. The first kappa shape index (κ1) is 23.1. The molecule has 0 N–H and O–H groups in total. The number of rotatable bonds is 4. The summed E-state index contributed by atoms with van der Waals surface area (Å²) in [7, 11) is 2.25. The molecule has 1 fully saturated rings. The quantitative estimate of drug-likeness (QED) is 0.599. The van der Waals surface area contributed by atoms with Gasteiger partial charge in [0, 0.05) is 6.54 Å². The van der Waals surface area contributed by atoms with E-state index in [1.807, 2.05) is 41.5 Å². The molecule has 0 saturated carbocycles. The second-order valence-electron chi connectivity index (χ2n) is 4.44. The van der Waals surface area contributed by atoms with Crippen molar-refractivity contribution < 1.29 is 0 Å². The summed E-state index contributed by atoms with van der Waals surface area (Å²) in [6.45, 7) is 19.3. The summed E-state index contributed by atoms with van der Waals surface area (Å²) in [5.41, 5.74) is 0.685. The lowest BCUT2D eigenvalue weighted by Crippen LogP contribution is -2.24. The molecule has 1 aliphatic rings. The summed E-state index contributed by atoms with van der Waals surface area (Å²) in [6.07, 6.45) is 7.02. The zero-order chi connectivity index (χ0) is 15.0. The maximum Gasteiger partial charge on any atom is 0.00353 e. The third-order valence-electron chi connectivity index (χ3n) is 3.44. The Balaban J connectivity index is -0.000000328. The normalized spacial score (nSPS) is 21.8. The Kier molecular flexibility index (Phi) is 21.7. The fourth-order valence-corrected chi connectivity index (χ4v) is 2.38. The molecule has 0 spiro atoms. The van der Waals surface area contributed by atoms with Crippen LogP contribution in [-0.4, -0.2) is 25.0 Å². The monoisotopic (exact) mass is 259 g/mol. The van der Waals surface area contributed by atoms with Crippen molar-refractivity contribution in [1.29, 1.82) is 0 Å². The molecule has 0 bridgehead atoms. The summed E-state index contributed by atoms with van der Waals surface area (Å²) < 4.78 is 0. The first-order valence-corrected chi connectivity index (χ1v) is 8.41. The summed E-state index contributed by atoms with van der Waals surface area (Å²) in [6, 6.07) is 0. The van der Waals surface area contributed by atoms with E-state index in [4.69, 9.17) is 0 Å². The lowest BCUT2D eigenvalue weighted by atomic mass is 9.79. The van der Waals surface area contributed by atoms with Crippen molar-refractivity contribution in [3.05, 3.63) is 0 Å². The van der Waals surface area contributed by atoms with E-state index < -0.39 is 0 Å². The van der Waals surface area contributed by atoms with Crippen LogP contribution in [0.1, 0.15) is 87.5 Å². The Morgan fingerprint density at radius 3 is 1.72 bits per heavy atom. The first-order chi connectivity index (χ1) is 8.72. The van der Waals surface area contributed by atoms with Gasteiger partial charge in [-0.05, 0) is 38.3 Å². The number of unbranched alkanes of at least 4 members (excludes halogenated alkanes) is 1. The minimum absolute atomic E-state index is 0.685. The Morgan fingerprint density at radius 2 is 1.44 bits per heavy atom. The number of hydrogen-bond acceptors (Lipinski definition) is 1. The van der Waals surface area contributed by atoms with Crippen molar-refractivity contribution >= 4 is 0 Å². The van der Waals surface area contributed by atoms with Gasteiger partial charge >= 0.3 is 0 Å². The Labute approximate surface area is 118 Å². The van der Waals surface area contributed by atoms with E-state index in [1.54, 1.807) is 0 Å². The van der Waals surface area contributed by atoms with E-state index >= 15 is 0 Å². The van der Waals surface area contributed by atoms with Gasteiger partial charge in [0.2, 0.25) is 0 Å². The van der Waals surface area contributed by atoms with E-state index in [2.05, 4.69) is 25.8 Å². The number of likely N-dealkylation sites (tertiary alicyclic amines) is 1. The number of hydrogen-bond donors (Lipinski definition) is 0. The Bertz CT molecular complexity index is 134. The molecular weight excluding hydrogens is 218 g/mol. The van der Waals surface area contributed by atoms with Crippen molar-refractivity contribution in [2.24, 2.45) is 5.41 Å². The van der Waals surface area contributed by atoms with Gasteiger partial charge < -0.3 is 4.90 Å². The van der Waals surface area contributed by atoms with Gasteiger partial charge in [0.1, 0.15) is 0 Å². The average molecular weight is 260 g/mol. The maximum absolute atomic E-state index is 2.49. The largest absolute Gasteiger partial charge is 0.306 e. The standard InChI is InChI=1S/C11H23N.3C2H6/c1-4-6-7-11(5-2)8-9-12(3)10-11;3*1-2/h4-10H2,1-3H3;3*1-2H3. The molecule has 1 atom stereocenters. The van der Waals surface area contributed by atoms with Gasteiger partial charge in [-0.3, -0.25) is 0 Å². The maximum atomic E-state index is 2.49. The van der Waals surface area contributed by atoms with Gasteiger partial charge in [-0.1, -0.05) is 68.2 Å². The third-order valence-corrected chi connectivity index (χ3v) is 3.44. The SMILES string of the molecule is CC.CC.CC.CCCCC1(CC)CCN(C)C1. The van der Waals surface area contributed by atoms with Crippen molar-refractivity contribution in [2.75, 3.05) is 20.1 Å². The van der Waals surface area contributed by atoms with Crippen molar-refractivity contribution in [3.8, 4) is 0 Å². The van der Waals surface area contributed by atoms with Crippen LogP contribution < -0.4 is 0 Å². The fraction of sp³-hybridized carbons (Fsp3) is 1.00. The molecule has 1 aliphatic heterocycles. The van der Waals surface area contributed by atoms with Crippen molar-refractivity contribution in [2.45, 2.75) is 87.5 Å². The Hall–Kier alpha value is -0.0400. The molecule has 1 saturated heterocycles. The van der Waals surface area contributed by atoms with Gasteiger partial charge in [-0.2, -0.15) is 0 Å². The summed E-state index contributed by atoms with van der Waals surface area (Å²) in [4.78, 5) is 2.49. The van der Waals surface area contributed by atoms with E-state index in [9.17, 15) is 0 Å². The second kappa shape index (κ2) is 17.0. The van der Waals surface area contributed by atoms with Crippen LogP contribution in [0, 0.1) is 5.41 Å². The molecule has 18 heavy (non-hydrogen) atoms. The zero-order valence-electron chi connectivity index (χ0n) is 14.9. The average Bonchev–Trinajstić information content (AvgIpc) is 2.85. The predicted molar refractivity (Wildman–Crippen MR) is 88.4 cm³/mol. The van der Waals surface area contributed by atoms with Crippen LogP contribution in [0.4, 0.5) is 0 Å². The van der Waals surface area contributed by atoms with Gasteiger partial charge in [0.15, 0.2) is 0 Å². The van der Waals surface area contributed by atoms with Gasteiger partial charge in [-0.15, -0.1) is 0 Å². The van der Waals surface area contributed by atoms with Crippen LogP contribution in [0.25, 0.3) is 0 Å². The Morgan fingerprint density at radius 1 is 0.944 bits per heavy atom. The molecule has 1 nitrogen and oxygen atoms in total. The summed E-state index contributed by atoms with van der Waals surface area (Å²) in [5, 5.41) is 0. The molecule has 1 unspecified atom stereocenters. The van der Waals surface area contributed by atoms with E-state index in [0.717, 1.165) is 0 Å². The third kappa shape index (κ3) is 9.94. The molecule has 0 amide bonds. The number of nitrogens with zero attached hydrogens (tertiary/aromatic N) is 1. The van der Waals surface area contributed by atoms with Crippen molar-refractivity contribution in [3.63, 3.8) is 0 Å². The van der Waals surface area contributed by atoms with Crippen LogP contribution in [0.2, 0.25) is 0 Å². The molecule has 114 valence electrons. The van der Waals surface area contributed by atoms with Crippen LogP contribution in [-0.2, 0) is 0 Å². The van der Waals surface area contributed by atoms with Crippen LogP contribution in [0.15, 0.2) is 0 Å². The van der Waals surface area contributed by atoms with E-state index in [1.165, 1.54) is 45.2 Å². The van der Waals surface area contributed by atoms with Crippen LogP contribution in [0.5, 0.6) is 0 Å². The second-order valence-corrected chi connectivity index (χ2v) is 4.44. The minimum Gasteiger partial charge on any atom is -0.306 e. The highest BCUT2D eigenvalue weighted by atomic mass is 15.1. The predicted octanol–water partition coefficient (Wildman–Crippen LogP) is 5.99. The first-order valence-electron chi connectivity index (χ1n) is 8.41. The van der Waals surface area contributed by atoms with Crippen LogP contribution in [0.3, 0.4) is 0 Å². The van der Waals surface area contributed by atoms with Crippen LogP contribution >= 0.6 is 0 Å². The highest BCUT2D eigenvalue weighted by Crippen LogP contribution is 2.37. The van der Waals surface area contributed by atoms with E-state index in [0.29, 0.717) is 5.41 Å². The van der Waals surface area contributed by atoms with Gasteiger partial charge in [-0.25, -0.2) is 0 Å². The zero-order valence-corrected chi connectivity index (χ0v) is 14.9. The molecule has 0 aromatic rings. The lowest BCUT2D eigenvalue weighted by Gasteiger charge is -2.27. The molecule has 1 heteroatoms. The smallest absolute Gasteiger partial charge is 0.00353 e.